The van der Waals surface area contributed by atoms with Crippen molar-refractivity contribution < 1.29 is 8.42 Å². The van der Waals surface area contributed by atoms with Crippen LogP contribution in [0.15, 0.2) is 0 Å². The molecule has 0 radical (unpaired) electrons. The van der Waals surface area contributed by atoms with Crippen LogP contribution >= 0.6 is 0 Å². The zero-order valence-corrected chi connectivity index (χ0v) is 11.7. The Kier molecular flexibility index (Phi) is 4.14. The second-order valence-electron chi connectivity index (χ2n) is 6.10. The van der Waals surface area contributed by atoms with Gasteiger partial charge in [-0.05, 0) is 37.5 Å². The molecule has 1 N–H and O–H groups in total. The number of hydrogen-bond acceptors (Lipinski definition) is 3. The van der Waals surface area contributed by atoms with Gasteiger partial charge in [-0.25, -0.2) is 8.42 Å². The van der Waals surface area contributed by atoms with Crippen molar-refractivity contribution >= 4 is 9.84 Å². The van der Waals surface area contributed by atoms with Gasteiger partial charge >= 0.3 is 0 Å². The van der Waals surface area contributed by atoms with E-state index < -0.39 is 9.84 Å². The summed E-state index contributed by atoms with van der Waals surface area (Å²) in [4.78, 5) is 0. The van der Waals surface area contributed by atoms with Gasteiger partial charge in [-0.3, -0.25) is 0 Å². The second kappa shape index (κ2) is 5.27. The van der Waals surface area contributed by atoms with E-state index in [0.29, 0.717) is 5.75 Å². The van der Waals surface area contributed by atoms with Crippen molar-refractivity contribution in [3.63, 3.8) is 0 Å². The fourth-order valence-corrected chi connectivity index (χ4v) is 3.67. The Balaban J connectivity index is 1.89. The van der Waals surface area contributed by atoms with E-state index in [0.717, 1.165) is 19.0 Å². The van der Waals surface area contributed by atoms with Crippen molar-refractivity contribution in [1.29, 1.82) is 0 Å². The summed E-state index contributed by atoms with van der Waals surface area (Å²) < 4.78 is 22.7. The Morgan fingerprint density at radius 2 is 1.82 bits per heavy atom. The minimum atomic E-state index is -2.81. The Morgan fingerprint density at radius 1 is 1.18 bits per heavy atom. The molecule has 3 nitrogen and oxygen atoms in total. The molecule has 4 heteroatoms. The summed E-state index contributed by atoms with van der Waals surface area (Å²) in [6, 6.07) is 0.729. The third-order valence-corrected chi connectivity index (χ3v) is 5.21. The molecule has 100 valence electrons. The number of rotatable bonds is 6. The Morgan fingerprint density at radius 3 is 2.35 bits per heavy atom. The standard InChI is InChI=1S/C13H25NO2S/c1-17(15,16)10-9-13(7-3-2-4-8-13)11-14-12-5-6-12/h12,14H,2-11H2,1H3. The normalized spacial score (nSPS) is 24.8. The summed E-state index contributed by atoms with van der Waals surface area (Å²) in [5, 5.41) is 3.61. The van der Waals surface area contributed by atoms with Gasteiger partial charge < -0.3 is 5.32 Å². The first-order valence-corrected chi connectivity index (χ1v) is 8.96. The van der Waals surface area contributed by atoms with E-state index in [-0.39, 0.29) is 5.41 Å². The summed E-state index contributed by atoms with van der Waals surface area (Å²) in [6.07, 6.45) is 11.1. The molecule has 2 fully saturated rings. The van der Waals surface area contributed by atoms with Gasteiger partial charge in [0.15, 0.2) is 0 Å². The second-order valence-corrected chi connectivity index (χ2v) is 8.36. The molecule has 0 heterocycles. The van der Waals surface area contributed by atoms with Crippen molar-refractivity contribution in [3.05, 3.63) is 0 Å². The highest BCUT2D eigenvalue weighted by atomic mass is 32.2. The van der Waals surface area contributed by atoms with Crippen LogP contribution in [0.1, 0.15) is 51.4 Å². The van der Waals surface area contributed by atoms with Gasteiger partial charge in [-0.1, -0.05) is 19.3 Å². The van der Waals surface area contributed by atoms with Crippen LogP contribution in [0, 0.1) is 5.41 Å². The maximum absolute atomic E-state index is 11.3. The van der Waals surface area contributed by atoms with Crippen molar-refractivity contribution in [3.8, 4) is 0 Å². The number of sulfone groups is 1. The highest BCUT2D eigenvalue weighted by Crippen LogP contribution is 2.39. The summed E-state index contributed by atoms with van der Waals surface area (Å²) >= 11 is 0. The van der Waals surface area contributed by atoms with Crippen molar-refractivity contribution in [2.75, 3.05) is 18.6 Å². The molecule has 0 unspecified atom stereocenters. The molecule has 0 spiro atoms. The topological polar surface area (TPSA) is 46.2 Å². The van der Waals surface area contributed by atoms with Crippen LogP contribution in [0.5, 0.6) is 0 Å². The van der Waals surface area contributed by atoms with E-state index in [9.17, 15) is 8.42 Å². The van der Waals surface area contributed by atoms with Crippen LogP contribution in [-0.4, -0.2) is 33.0 Å². The fourth-order valence-electron chi connectivity index (χ4n) is 2.87. The van der Waals surface area contributed by atoms with Crippen LogP contribution in [0.2, 0.25) is 0 Å². The highest BCUT2D eigenvalue weighted by molar-refractivity contribution is 7.90. The molecular formula is C13H25NO2S. The molecule has 2 rings (SSSR count). The molecule has 0 atom stereocenters. The summed E-state index contributed by atoms with van der Waals surface area (Å²) in [5.41, 5.74) is 0.268. The zero-order valence-electron chi connectivity index (χ0n) is 10.9. The molecule has 0 aliphatic heterocycles. The van der Waals surface area contributed by atoms with Gasteiger partial charge in [0.05, 0.1) is 5.75 Å². The average molecular weight is 259 g/mol. The quantitative estimate of drug-likeness (QED) is 0.795. The first-order chi connectivity index (χ1) is 7.99. The van der Waals surface area contributed by atoms with Crippen molar-refractivity contribution in [2.24, 2.45) is 5.41 Å². The molecule has 0 aromatic rings. The van der Waals surface area contributed by atoms with Gasteiger partial charge in [0, 0.05) is 18.8 Å². The number of hydrogen-bond donors (Lipinski definition) is 1. The molecule has 2 aliphatic carbocycles. The molecule has 17 heavy (non-hydrogen) atoms. The van der Waals surface area contributed by atoms with Crippen LogP contribution in [0.25, 0.3) is 0 Å². The van der Waals surface area contributed by atoms with Gasteiger partial charge in [0.1, 0.15) is 9.84 Å². The van der Waals surface area contributed by atoms with Gasteiger partial charge in [-0.15, -0.1) is 0 Å². The van der Waals surface area contributed by atoms with Crippen molar-refractivity contribution in [2.45, 2.75) is 57.4 Å². The molecule has 0 saturated heterocycles. The molecule has 2 saturated carbocycles. The third-order valence-electron chi connectivity index (χ3n) is 4.26. The van der Waals surface area contributed by atoms with Crippen LogP contribution in [0.4, 0.5) is 0 Å². The average Bonchev–Trinajstić information content (AvgIpc) is 3.08. The molecule has 0 bridgehead atoms. The van der Waals surface area contributed by atoms with E-state index >= 15 is 0 Å². The lowest BCUT2D eigenvalue weighted by Crippen LogP contribution is -2.38. The van der Waals surface area contributed by atoms with E-state index in [1.54, 1.807) is 0 Å². The largest absolute Gasteiger partial charge is 0.313 e. The Labute approximate surface area is 105 Å². The van der Waals surface area contributed by atoms with Gasteiger partial charge in [-0.2, -0.15) is 0 Å². The first-order valence-electron chi connectivity index (χ1n) is 6.90. The lowest BCUT2D eigenvalue weighted by molar-refractivity contribution is 0.175. The minimum Gasteiger partial charge on any atom is -0.313 e. The number of nitrogens with one attached hydrogen (secondary N) is 1. The maximum Gasteiger partial charge on any atom is 0.147 e. The smallest absolute Gasteiger partial charge is 0.147 e. The van der Waals surface area contributed by atoms with Gasteiger partial charge in [0.2, 0.25) is 0 Å². The van der Waals surface area contributed by atoms with E-state index in [4.69, 9.17) is 0 Å². The summed E-state index contributed by atoms with van der Waals surface area (Å²) in [5.74, 6) is 0.360. The van der Waals surface area contributed by atoms with E-state index in [2.05, 4.69) is 5.32 Å². The van der Waals surface area contributed by atoms with Crippen LogP contribution < -0.4 is 5.32 Å². The lowest BCUT2D eigenvalue weighted by Gasteiger charge is -2.37. The van der Waals surface area contributed by atoms with E-state index in [1.807, 2.05) is 0 Å². The molecule has 0 amide bonds. The molecule has 2 aliphatic rings. The predicted octanol–water partition coefficient (Wildman–Crippen LogP) is 2.12. The minimum absolute atomic E-state index is 0.268. The maximum atomic E-state index is 11.3. The molecule has 0 aromatic heterocycles. The molecular weight excluding hydrogens is 234 g/mol. The van der Waals surface area contributed by atoms with Crippen LogP contribution in [-0.2, 0) is 9.84 Å². The fraction of sp³-hybridized carbons (Fsp3) is 1.00. The highest BCUT2D eigenvalue weighted by Gasteiger charge is 2.34. The first kappa shape index (κ1) is 13.3. The summed E-state index contributed by atoms with van der Waals surface area (Å²) in [7, 11) is -2.81. The van der Waals surface area contributed by atoms with E-state index in [1.165, 1.54) is 51.2 Å². The predicted molar refractivity (Wildman–Crippen MR) is 70.9 cm³/mol. The summed E-state index contributed by atoms with van der Waals surface area (Å²) in [6.45, 7) is 1.03. The Bertz CT molecular complexity index is 340. The Hall–Kier alpha value is -0.0900. The van der Waals surface area contributed by atoms with Crippen LogP contribution in [0.3, 0.4) is 0 Å². The van der Waals surface area contributed by atoms with Crippen molar-refractivity contribution in [1.82, 2.24) is 5.32 Å². The lowest BCUT2D eigenvalue weighted by atomic mass is 9.72. The van der Waals surface area contributed by atoms with Gasteiger partial charge in [0.25, 0.3) is 0 Å². The third kappa shape index (κ3) is 4.59. The molecule has 0 aromatic carbocycles. The zero-order chi connectivity index (χ0) is 12.4. The monoisotopic (exact) mass is 259 g/mol. The SMILES string of the molecule is CS(=O)(=O)CCC1(CNC2CC2)CCCCC1.